The number of nitrogens with one attached hydrogen (secondary N) is 2. The zero-order chi connectivity index (χ0) is 18.5. The van der Waals surface area contributed by atoms with Gasteiger partial charge >= 0.3 is 0 Å². The maximum absolute atomic E-state index is 12.8. The van der Waals surface area contributed by atoms with Gasteiger partial charge < -0.3 is 5.32 Å². The highest BCUT2D eigenvalue weighted by molar-refractivity contribution is 7.94. The lowest BCUT2D eigenvalue weighted by Gasteiger charge is -2.31. The van der Waals surface area contributed by atoms with Gasteiger partial charge in [0.25, 0.3) is 10.0 Å². The van der Waals surface area contributed by atoms with Crippen LogP contribution in [0.5, 0.6) is 0 Å². The Kier molecular flexibility index (Phi) is 3.86. The first-order valence-electron chi connectivity index (χ1n) is 8.37. The van der Waals surface area contributed by atoms with Gasteiger partial charge in [-0.3, -0.25) is 4.72 Å². The van der Waals surface area contributed by atoms with Crippen molar-refractivity contribution in [3.05, 3.63) is 60.2 Å². The maximum atomic E-state index is 12.8. The first kappa shape index (κ1) is 17.1. The Morgan fingerprint density at radius 3 is 2.62 bits per heavy atom. The summed E-state index contributed by atoms with van der Waals surface area (Å²) in [5.74, 6) is 0. The van der Waals surface area contributed by atoms with Gasteiger partial charge in [0, 0.05) is 21.6 Å². The van der Waals surface area contributed by atoms with Crippen molar-refractivity contribution in [2.24, 2.45) is 0 Å². The van der Waals surface area contributed by atoms with Crippen molar-refractivity contribution in [2.45, 2.75) is 30.5 Å². The molecule has 2 aromatic carbocycles. The van der Waals surface area contributed by atoms with Crippen molar-refractivity contribution in [3.63, 3.8) is 0 Å². The Labute approximate surface area is 157 Å². The van der Waals surface area contributed by atoms with Crippen LogP contribution in [0.4, 0.5) is 11.4 Å². The second-order valence-electron chi connectivity index (χ2n) is 7.14. The summed E-state index contributed by atoms with van der Waals surface area (Å²) in [4.78, 5) is 0. The lowest BCUT2D eigenvalue weighted by atomic mass is 9.91. The van der Waals surface area contributed by atoms with Crippen molar-refractivity contribution < 1.29 is 8.42 Å². The van der Waals surface area contributed by atoms with E-state index in [0.717, 1.165) is 26.9 Å². The van der Waals surface area contributed by atoms with E-state index in [4.69, 9.17) is 0 Å². The number of anilines is 2. The third kappa shape index (κ3) is 3.10. The molecule has 0 unspecified atom stereocenters. The molecule has 1 aliphatic rings. The molecule has 0 radical (unpaired) electrons. The fourth-order valence-electron chi connectivity index (χ4n) is 3.34. The molecule has 4 rings (SSSR count). The van der Waals surface area contributed by atoms with Gasteiger partial charge in [0.1, 0.15) is 4.21 Å². The summed E-state index contributed by atoms with van der Waals surface area (Å²) in [6, 6.07) is 15.0. The summed E-state index contributed by atoms with van der Waals surface area (Å²) in [7, 11) is -3.61. The monoisotopic (exact) mass is 384 g/mol. The summed E-state index contributed by atoms with van der Waals surface area (Å²) in [5.41, 5.74) is 3.61. The summed E-state index contributed by atoms with van der Waals surface area (Å²) < 4.78 is 29.6. The number of allylic oxidation sites excluding steroid dienone is 1. The van der Waals surface area contributed by atoms with E-state index in [0.29, 0.717) is 9.90 Å². The Hall–Kier alpha value is -2.31. The number of thiophene rings is 1. The van der Waals surface area contributed by atoms with Crippen molar-refractivity contribution >= 4 is 48.4 Å². The molecule has 4 nitrogen and oxygen atoms in total. The molecule has 1 aliphatic heterocycles. The number of fused-ring (bicyclic) bond motifs is 2. The van der Waals surface area contributed by atoms with Gasteiger partial charge in [-0.1, -0.05) is 24.3 Å². The molecule has 0 fully saturated rings. The van der Waals surface area contributed by atoms with Crippen LogP contribution >= 0.6 is 11.3 Å². The molecular weight excluding hydrogens is 364 g/mol. The molecule has 134 valence electrons. The van der Waals surface area contributed by atoms with Crippen LogP contribution < -0.4 is 10.0 Å². The molecule has 0 saturated heterocycles. The molecule has 0 bridgehead atoms. The topological polar surface area (TPSA) is 58.2 Å². The van der Waals surface area contributed by atoms with E-state index in [-0.39, 0.29) is 5.54 Å². The third-order valence-electron chi connectivity index (χ3n) is 4.40. The lowest BCUT2D eigenvalue weighted by molar-refractivity contribution is 0.603. The van der Waals surface area contributed by atoms with Gasteiger partial charge in [-0.25, -0.2) is 8.42 Å². The van der Waals surface area contributed by atoms with Crippen LogP contribution in [0.25, 0.3) is 15.7 Å². The highest BCUT2D eigenvalue weighted by Crippen LogP contribution is 2.36. The molecule has 0 amide bonds. The average Bonchev–Trinajstić information content (AvgIpc) is 2.99. The molecule has 2 heterocycles. The quantitative estimate of drug-likeness (QED) is 0.643. The minimum atomic E-state index is -3.61. The number of hydrogen-bond donors (Lipinski definition) is 2. The molecule has 0 saturated carbocycles. The van der Waals surface area contributed by atoms with Crippen molar-refractivity contribution in [1.82, 2.24) is 0 Å². The largest absolute Gasteiger partial charge is 0.376 e. The molecule has 3 aromatic rings. The second-order valence-corrected chi connectivity index (χ2v) is 10.1. The predicted octanol–water partition coefficient (Wildman–Crippen LogP) is 5.31. The van der Waals surface area contributed by atoms with Gasteiger partial charge in [-0.2, -0.15) is 0 Å². The van der Waals surface area contributed by atoms with Gasteiger partial charge in [0.05, 0.1) is 5.54 Å². The predicted molar refractivity (Wildman–Crippen MR) is 110 cm³/mol. The van der Waals surface area contributed by atoms with Crippen LogP contribution in [0.15, 0.2) is 58.8 Å². The van der Waals surface area contributed by atoms with Crippen molar-refractivity contribution in [1.29, 1.82) is 0 Å². The van der Waals surface area contributed by atoms with Crippen LogP contribution in [-0.2, 0) is 10.0 Å². The number of sulfonamides is 1. The standard InChI is InChI=1S/C20H20N2O2S2/c1-13-12-20(2,3)21-17-9-8-15(11-16(13)17)22-26(23,24)19-10-14-6-4-5-7-18(14)25-19/h4-12,21-22H,1-3H3. The molecule has 0 atom stereocenters. The van der Waals surface area contributed by atoms with Gasteiger partial charge in [-0.05, 0) is 62.1 Å². The van der Waals surface area contributed by atoms with Crippen LogP contribution in [0.3, 0.4) is 0 Å². The highest BCUT2D eigenvalue weighted by Gasteiger charge is 2.23. The molecule has 0 aliphatic carbocycles. The van der Waals surface area contributed by atoms with Crippen LogP contribution in [0.1, 0.15) is 26.3 Å². The smallest absolute Gasteiger partial charge is 0.271 e. The van der Waals surface area contributed by atoms with E-state index in [1.807, 2.05) is 43.3 Å². The summed E-state index contributed by atoms with van der Waals surface area (Å²) in [6.45, 7) is 6.26. The van der Waals surface area contributed by atoms with Gasteiger partial charge in [0.2, 0.25) is 0 Å². The number of hydrogen-bond acceptors (Lipinski definition) is 4. The Morgan fingerprint density at radius 2 is 1.85 bits per heavy atom. The fourth-order valence-corrected chi connectivity index (χ4v) is 5.79. The van der Waals surface area contributed by atoms with Crippen LogP contribution in [0.2, 0.25) is 0 Å². The molecule has 1 aromatic heterocycles. The van der Waals surface area contributed by atoms with Crippen LogP contribution in [0, 0.1) is 0 Å². The zero-order valence-electron chi connectivity index (χ0n) is 14.8. The third-order valence-corrected chi connectivity index (χ3v) is 7.37. The van der Waals surface area contributed by atoms with Crippen molar-refractivity contribution in [3.8, 4) is 0 Å². The van der Waals surface area contributed by atoms with E-state index in [2.05, 4.69) is 30.0 Å². The molecule has 26 heavy (non-hydrogen) atoms. The normalized spacial score (nSPS) is 15.9. The molecule has 2 N–H and O–H groups in total. The first-order valence-corrected chi connectivity index (χ1v) is 10.7. The van der Waals surface area contributed by atoms with E-state index >= 15 is 0 Å². The Morgan fingerprint density at radius 1 is 1.08 bits per heavy atom. The van der Waals surface area contributed by atoms with Gasteiger partial charge in [0.15, 0.2) is 0 Å². The Bertz CT molecular complexity index is 1110. The number of benzene rings is 2. The molecular formula is C20H20N2O2S2. The fraction of sp³-hybridized carbons (Fsp3) is 0.200. The van der Waals surface area contributed by atoms with E-state index in [9.17, 15) is 8.42 Å². The van der Waals surface area contributed by atoms with Crippen molar-refractivity contribution in [2.75, 3.05) is 10.0 Å². The maximum Gasteiger partial charge on any atom is 0.271 e. The highest BCUT2D eigenvalue weighted by atomic mass is 32.2. The Balaban J connectivity index is 1.68. The van der Waals surface area contributed by atoms with E-state index < -0.39 is 10.0 Å². The minimum Gasteiger partial charge on any atom is -0.376 e. The summed E-state index contributed by atoms with van der Waals surface area (Å²) in [6.07, 6.45) is 2.15. The molecule has 6 heteroatoms. The minimum absolute atomic E-state index is 0.116. The average molecular weight is 385 g/mol. The first-order chi connectivity index (χ1) is 12.2. The lowest BCUT2D eigenvalue weighted by Crippen LogP contribution is -2.31. The SMILES string of the molecule is CC1=CC(C)(C)Nc2ccc(NS(=O)(=O)c3cc4ccccc4s3)cc21. The van der Waals surface area contributed by atoms with Gasteiger partial charge in [-0.15, -0.1) is 11.3 Å². The van der Waals surface area contributed by atoms with E-state index in [1.54, 1.807) is 12.1 Å². The number of rotatable bonds is 3. The van der Waals surface area contributed by atoms with E-state index in [1.165, 1.54) is 11.3 Å². The zero-order valence-corrected chi connectivity index (χ0v) is 16.5. The molecule has 0 spiro atoms. The summed E-state index contributed by atoms with van der Waals surface area (Å²) in [5, 5.41) is 4.39. The van der Waals surface area contributed by atoms with Crippen LogP contribution in [-0.4, -0.2) is 14.0 Å². The second kappa shape index (κ2) is 5.86. The summed E-state index contributed by atoms with van der Waals surface area (Å²) >= 11 is 1.28.